The normalized spacial score (nSPS) is 20.6. The zero-order valence-electron chi connectivity index (χ0n) is 18.2. The largest absolute Gasteiger partial charge is 0.392 e. The Balaban J connectivity index is 1.43. The second kappa shape index (κ2) is 7.86. The molecule has 6 nitrogen and oxygen atoms in total. The maximum Gasteiger partial charge on any atom is 0.392 e. The van der Waals surface area contributed by atoms with Crippen LogP contribution in [0.3, 0.4) is 0 Å². The molecule has 5 rings (SSSR count). The molecule has 1 aliphatic heterocycles. The van der Waals surface area contributed by atoms with Gasteiger partial charge in [0, 0.05) is 30.2 Å². The number of imidazole rings is 1. The van der Waals surface area contributed by atoms with Gasteiger partial charge in [-0.05, 0) is 61.7 Å². The Morgan fingerprint density at radius 2 is 2.03 bits per heavy atom. The second-order valence-corrected chi connectivity index (χ2v) is 9.83. The van der Waals surface area contributed by atoms with E-state index in [0.29, 0.717) is 18.7 Å². The van der Waals surface area contributed by atoms with E-state index in [0.717, 1.165) is 21.7 Å². The van der Waals surface area contributed by atoms with E-state index >= 15 is 0 Å². The summed E-state index contributed by atoms with van der Waals surface area (Å²) in [5.41, 5.74) is 2.73. The first-order valence-electron chi connectivity index (χ1n) is 10.8. The Hall–Kier alpha value is -2.88. The van der Waals surface area contributed by atoms with Crippen LogP contribution in [0.2, 0.25) is 0 Å². The molecule has 10 heteroatoms. The van der Waals surface area contributed by atoms with E-state index in [4.69, 9.17) is 0 Å². The number of carbonyl (C=O) groups excluding carboxylic acids is 1. The van der Waals surface area contributed by atoms with Crippen LogP contribution in [0.5, 0.6) is 0 Å². The quantitative estimate of drug-likeness (QED) is 0.572. The average Bonchev–Trinajstić information content (AvgIpc) is 3.37. The van der Waals surface area contributed by atoms with Gasteiger partial charge in [0.1, 0.15) is 11.4 Å². The standard InChI is InChI=1S/C23H23F3N4O2S/c1-13-8-28(12-27-13)18-4-5-19-22(32)29(14(2)9-30(19)21(18)31)10-15-11-33-20-6-3-16(7-17(15)20)23(24,25)26/h4-5,8,11-12,14,16H,3,6-7,9-10H2,1-2H3/t14-,16?/m1/s1. The number of hydrogen-bond acceptors (Lipinski definition) is 4. The third kappa shape index (κ3) is 3.80. The lowest BCUT2D eigenvalue weighted by molar-refractivity contribution is -0.177. The Bertz CT molecular complexity index is 1290. The summed E-state index contributed by atoms with van der Waals surface area (Å²) in [6, 6.07) is 2.97. The number of aromatic nitrogens is 3. The molecule has 0 radical (unpaired) electrons. The summed E-state index contributed by atoms with van der Waals surface area (Å²) in [7, 11) is 0. The minimum Gasteiger partial charge on any atom is -0.329 e. The minimum absolute atomic E-state index is 0.0300. The second-order valence-electron chi connectivity index (χ2n) is 8.87. The van der Waals surface area contributed by atoms with Crippen LogP contribution in [-0.2, 0) is 25.9 Å². The van der Waals surface area contributed by atoms with Crippen LogP contribution >= 0.6 is 11.3 Å². The summed E-state index contributed by atoms with van der Waals surface area (Å²) in [4.78, 5) is 33.2. The smallest absolute Gasteiger partial charge is 0.329 e. The maximum atomic E-state index is 13.3. The number of nitrogens with zero attached hydrogens (tertiary/aromatic N) is 4. The van der Waals surface area contributed by atoms with E-state index in [9.17, 15) is 22.8 Å². The summed E-state index contributed by atoms with van der Waals surface area (Å²) >= 11 is 1.48. The average molecular weight is 477 g/mol. The van der Waals surface area contributed by atoms with Crippen molar-refractivity contribution < 1.29 is 18.0 Å². The van der Waals surface area contributed by atoms with E-state index in [1.165, 1.54) is 15.9 Å². The third-order valence-corrected chi connectivity index (χ3v) is 7.78. The highest BCUT2D eigenvalue weighted by molar-refractivity contribution is 7.10. The molecule has 2 atom stereocenters. The van der Waals surface area contributed by atoms with Gasteiger partial charge in [0.2, 0.25) is 0 Å². The molecule has 3 aromatic heterocycles. The predicted molar refractivity (Wildman–Crippen MR) is 118 cm³/mol. The van der Waals surface area contributed by atoms with Crippen molar-refractivity contribution in [2.45, 2.75) is 58.4 Å². The first-order chi connectivity index (χ1) is 15.6. The molecule has 0 aromatic carbocycles. The highest BCUT2D eigenvalue weighted by atomic mass is 32.1. The highest BCUT2D eigenvalue weighted by Gasteiger charge is 2.42. The van der Waals surface area contributed by atoms with E-state index in [2.05, 4.69) is 4.98 Å². The number of rotatable bonds is 3. The SMILES string of the molecule is Cc1cn(-c2ccc3n(c2=O)C[C@@H](C)N(Cc2csc4c2CC(C(F)(F)F)CC4)C3=O)cn1. The van der Waals surface area contributed by atoms with Crippen LogP contribution in [0.1, 0.15) is 45.5 Å². The van der Waals surface area contributed by atoms with Crippen molar-refractivity contribution in [1.82, 2.24) is 19.0 Å². The number of aryl methyl sites for hydroxylation is 2. The lowest BCUT2D eigenvalue weighted by atomic mass is 9.86. The molecule has 1 aliphatic carbocycles. The fourth-order valence-corrected chi connectivity index (χ4v) is 5.88. The van der Waals surface area contributed by atoms with Gasteiger partial charge in [0.25, 0.3) is 11.5 Å². The van der Waals surface area contributed by atoms with E-state index in [-0.39, 0.29) is 42.6 Å². The summed E-state index contributed by atoms with van der Waals surface area (Å²) in [6.45, 7) is 4.25. The molecule has 33 heavy (non-hydrogen) atoms. The molecule has 1 amide bonds. The van der Waals surface area contributed by atoms with Crippen molar-refractivity contribution >= 4 is 17.2 Å². The summed E-state index contributed by atoms with van der Waals surface area (Å²) in [5, 5.41) is 1.88. The van der Waals surface area contributed by atoms with E-state index < -0.39 is 12.1 Å². The number of alkyl halides is 3. The Labute approximate surface area is 192 Å². The molecule has 0 saturated carbocycles. The van der Waals surface area contributed by atoms with Crippen molar-refractivity contribution in [3.05, 3.63) is 67.8 Å². The summed E-state index contributed by atoms with van der Waals surface area (Å²) in [6.07, 6.45) is -0.396. The van der Waals surface area contributed by atoms with Crippen LogP contribution < -0.4 is 5.56 Å². The number of fused-ring (bicyclic) bond motifs is 2. The Morgan fingerprint density at radius 1 is 1.24 bits per heavy atom. The van der Waals surface area contributed by atoms with Crippen molar-refractivity contribution in [2.75, 3.05) is 0 Å². The molecule has 0 spiro atoms. The fourth-order valence-electron chi connectivity index (χ4n) is 4.79. The maximum absolute atomic E-state index is 13.3. The lowest BCUT2D eigenvalue weighted by Gasteiger charge is -2.36. The first kappa shape index (κ1) is 21.9. The minimum atomic E-state index is -4.21. The first-order valence-corrected chi connectivity index (χ1v) is 11.7. The van der Waals surface area contributed by atoms with Gasteiger partial charge in [-0.3, -0.25) is 9.59 Å². The Morgan fingerprint density at radius 3 is 2.73 bits per heavy atom. The molecule has 3 aromatic rings. The summed E-state index contributed by atoms with van der Waals surface area (Å²) < 4.78 is 43.1. The van der Waals surface area contributed by atoms with Crippen LogP contribution in [0, 0.1) is 12.8 Å². The van der Waals surface area contributed by atoms with Gasteiger partial charge in [0.15, 0.2) is 0 Å². The zero-order valence-corrected chi connectivity index (χ0v) is 19.0. The molecule has 4 heterocycles. The van der Waals surface area contributed by atoms with Gasteiger partial charge < -0.3 is 14.0 Å². The number of pyridine rings is 1. The summed E-state index contributed by atoms with van der Waals surface area (Å²) in [5.74, 6) is -1.63. The number of halogens is 3. The van der Waals surface area contributed by atoms with Gasteiger partial charge in [-0.15, -0.1) is 11.3 Å². The Kier molecular flexibility index (Phi) is 5.23. The van der Waals surface area contributed by atoms with Gasteiger partial charge in [-0.25, -0.2) is 4.98 Å². The number of amides is 1. The molecule has 0 N–H and O–H groups in total. The molecule has 0 fully saturated rings. The molecule has 0 saturated heterocycles. The van der Waals surface area contributed by atoms with E-state index in [1.807, 2.05) is 19.2 Å². The molecule has 174 valence electrons. The van der Waals surface area contributed by atoms with Crippen molar-refractivity contribution in [2.24, 2.45) is 5.92 Å². The number of hydrogen-bond donors (Lipinski definition) is 0. The monoisotopic (exact) mass is 476 g/mol. The molecular weight excluding hydrogens is 453 g/mol. The van der Waals surface area contributed by atoms with Gasteiger partial charge in [0.05, 0.1) is 17.9 Å². The number of thiophene rings is 1. The third-order valence-electron chi connectivity index (χ3n) is 6.64. The predicted octanol–water partition coefficient (Wildman–Crippen LogP) is 4.12. The van der Waals surface area contributed by atoms with Crippen molar-refractivity contribution in [3.63, 3.8) is 0 Å². The molecular formula is C23H23F3N4O2S. The number of carbonyl (C=O) groups is 1. The van der Waals surface area contributed by atoms with Crippen molar-refractivity contribution in [3.8, 4) is 5.69 Å². The topological polar surface area (TPSA) is 60.1 Å². The van der Waals surface area contributed by atoms with Gasteiger partial charge in [-0.2, -0.15) is 13.2 Å². The van der Waals surface area contributed by atoms with Crippen LogP contribution in [0.25, 0.3) is 5.69 Å². The van der Waals surface area contributed by atoms with Crippen LogP contribution in [-0.4, -0.2) is 37.1 Å². The fraction of sp³-hybridized carbons (Fsp3) is 0.435. The van der Waals surface area contributed by atoms with Crippen LogP contribution in [0.15, 0.2) is 34.8 Å². The zero-order chi connectivity index (χ0) is 23.5. The van der Waals surface area contributed by atoms with Crippen molar-refractivity contribution in [1.29, 1.82) is 0 Å². The van der Waals surface area contributed by atoms with Crippen LogP contribution in [0.4, 0.5) is 13.2 Å². The lowest BCUT2D eigenvalue weighted by Crippen LogP contribution is -2.49. The van der Waals surface area contributed by atoms with Gasteiger partial charge in [-0.1, -0.05) is 0 Å². The van der Waals surface area contributed by atoms with Gasteiger partial charge >= 0.3 is 6.18 Å². The molecule has 2 aliphatic rings. The molecule has 1 unspecified atom stereocenters. The highest BCUT2D eigenvalue weighted by Crippen LogP contribution is 2.41. The van der Waals surface area contributed by atoms with E-state index in [1.54, 1.807) is 34.1 Å². The molecule has 0 bridgehead atoms.